The number of nitrogens with one attached hydrogen (secondary N) is 2. The lowest BCUT2D eigenvalue weighted by Gasteiger charge is -2.21. The number of aromatic nitrogens is 3. The molecule has 7 heteroatoms. The van der Waals surface area contributed by atoms with Gasteiger partial charge in [0.25, 0.3) is 0 Å². The van der Waals surface area contributed by atoms with E-state index in [9.17, 15) is 0 Å². The summed E-state index contributed by atoms with van der Waals surface area (Å²) in [6.07, 6.45) is 7.16. The zero-order valence-corrected chi connectivity index (χ0v) is 16.4. The fourth-order valence-corrected chi connectivity index (χ4v) is 2.82. The van der Waals surface area contributed by atoms with Gasteiger partial charge in [-0.05, 0) is 57.3 Å². The zero-order chi connectivity index (χ0) is 19.3. The first-order valence-electron chi connectivity index (χ1n) is 8.59. The highest BCUT2D eigenvalue weighted by molar-refractivity contribution is 7.80. The minimum atomic E-state index is -0.125. The summed E-state index contributed by atoms with van der Waals surface area (Å²) in [7, 11) is 0. The van der Waals surface area contributed by atoms with E-state index in [1.54, 1.807) is 18.6 Å². The van der Waals surface area contributed by atoms with Crippen molar-refractivity contribution in [1.29, 1.82) is 0 Å². The predicted molar refractivity (Wildman–Crippen MR) is 113 cm³/mol. The number of benzene rings is 1. The van der Waals surface area contributed by atoms with Gasteiger partial charge in [-0.1, -0.05) is 18.2 Å². The van der Waals surface area contributed by atoms with Gasteiger partial charge in [0.2, 0.25) is 0 Å². The normalized spacial score (nSPS) is 11.5. The summed E-state index contributed by atoms with van der Waals surface area (Å²) in [5.41, 5.74) is 6.37. The number of hydrazone groups is 1. The monoisotopic (exact) mass is 378 g/mol. The average molecular weight is 379 g/mol. The molecule has 0 atom stereocenters. The van der Waals surface area contributed by atoms with Crippen LogP contribution in [0.15, 0.2) is 66.2 Å². The van der Waals surface area contributed by atoms with E-state index in [0.717, 1.165) is 22.5 Å². The number of thiocarbonyl (C=S) groups is 1. The molecule has 138 valence electrons. The highest BCUT2D eigenvalue weighted by atomic mass is 32.1. The third-order valence-electron chi connectivity index (χ3n) is 3.58. The molecule has 0 bridgehead atoms. The quantitative estimate of drug-likeness (QED) is 0.413. The van der Waals surface area contributed by atoms with Gasteiger partial charge in [-0.2, -0.15) is 10.2 Å². The van der Waals surface area contributed by atoms with Crippen LogP contribution in [0.3, 0.4) is 0 Å². The summed E-state index contributed by atoms with van der Waals surface area (Å²) in [4.78, 5) is 4.08. The minimum Gasteiger partial charge on any atom is -0.357 e. The molecule has 0 aliphatic heterocycles. The van der Waals surface area contributed by atoms with Crippen LogP contribution >= 0.6 is 12.2 Å². The first kappa shape index (κ1) is 18.7. The lowest BCUT2D eigenvalue weighted by Crippen LogP contribution is -2.44. The maximum Gasteiger partial charge on any atom is 0.187 e. The second kappa shape index (κ2) is 8.09. The molecule has 0 saturated heterocycles. The summed E-state index contributed by atoms with van der Waals surface area (Å²) in [6, 6.07) is 13.8. The molecule has 0 spiro atoms. The van der Waals surface area contributed by atoms with Crippen LogP contribution < -0.4 is 10.7 Å². The van der Waals surface area contributed by atoms with Crippen LogP contribution in [0.25, 0.3) is 16.9 Å². The largest absolute Gasteiger partial charge is 0.357 e. The van der Waals surface area contributed by atoms with E-state index < -0.39 is 0 Å². The third kappa shape index (κ3) is 5.21. The van der Waals surface area contributed by atoms with Crippen LogP contribution in [0.4, 0.5) is 0 Å². The van der Waals surface area contributed by atoms with Crippen molar-refractivity contribution in [1.82, 2.24) is 25.5 Å². The SMILES string of the molecule is CC(C)(C)NC(=S)N/N=C\c1cn(-c2ccccc2)nc1-c1ccncc1. The molecule has 0 radical (unpaired) electrons. The molecule has 0 aliphatic rings. The van der Waals surface area contributed by atoms with Crippen LogP contribution in [0.2, 0.25) is 0 Å². The molecule has 0 fully saturated rings. The molecule has 0 unspecified atom stereocenters. The van der Waals surface area contributed by atoms with Gasteiger partial charge in [0.15, 0.2) is 5.11 Å². The number of pyridine rings is 1. The van der Waals surface area contributed by atoms with Crippen molar-refractivity contribution in [2.45, 2.75) is 26.3 Å². The Morgan fingerprint density at radius 1 is 1.11 bits per heavy atom. The van der Waals surface area contributed by atoms with E-state index in [1.165, 1.54) is 0 Å². The van der Waals surface area contributed by atoms with Crippen molar-refractivity contribution in [2.75, 3.05) is 0 Å². The maximum atomic E-state index is 5.26. The first-order chi connectivity index (χ1) is 12.9. The molecular formula is C20H22N6S. The number of rotatable bonds is 4. The molecule has 0 aliphatic carbocycles. The molecule has 1 aromatic carbocycles. The van der Waals surface area contributed by atoms with Gasteiger partial charge in [-0.15, -0.1) is 0 Å². The van der Waals surface area contributed by atoms with Gasteiger partial charge in [-0.25, -0.2) is 4.68 Å². The van der Waals surface area contributed by atoms with Gasteiger partial charge in [0, 0.05) is 35.3 Å². The summed E-state index contributed by atoms with van der Waals surface area (Å²) < 4.78 is 1.84. The number of nitrogens with zero attached hydrogens (tertiary/aromatic N) is 4. The molecular weight excluding hydrogens is 356 g/mol. The Morgan fingerprint density at radius 3 is 2.48 bits per heavy atom. The second-order valence-corrected chi connectivity index (χ2v) is 7.43. The Bertz CT molecular complexity index is 926. The molecule has 2 heterocycles. The highest BCUT2D eigenvalue weighted by Crippen LogP contribution is 2.21. The fourth-order valence-electron chi connectivity index (χ4n) is 2.46. The number of para-hydroxylation sites is 1. The topological polar surface area (TPSA) is 67.1 Å². The minimum absolute atomic E-state index is 0.125. The van der Waals surface area contributed by atoms with Crippen LogP contribution in [0.1, 0.15) is 26.3 Å². The van der Waals surface area contributed by atoms with Crippen molar-refractivity contribution in [2.24, 2.45) is 5.10 Å². The zero-order valence-electron chi connectivity index (χ0n) is 15.5. The fraction of sp³-hybridized carbons (Fsp3) is 0.200. The van der Waals surface area contributed by atoms with E-state index >= 15 is 0 Å². The van der Waals surface area contributed by atoms with Crippen molar-refractivity contribution in [3.63, 3.8) is 0 Å². The summed E-state index contributed by atoms with van der Waals surface area (Å²) in [6.45, 7) is 6.11. The van der Waals surface area contributed by atoms with Crippen LogP contribution in [0.5, 0.6) is 0 Å². The van der Waals surface area contributed by atoms with E-state index in [1.807, 2.05) is 74.1 Å². The average Bonchev–Trinajstić information content (AvgIpc) is 3.06. The molecule has 27 heavy (non-hydrogen) atoms. The molecule has 6 nitrogen and oxygen atoms in total. The van der Waals surface area contributed by atoms with Gasteiger partial charge < -0.3 is 5.32 Å². The van der Waals surface area contributed by atoms with Crippen molar-refractivity contribution in [3.05, 3.63) is 66.6 Å². The van der Waals surface area contributed by atoms with Gasteiger partial charge >= 0.3 is 0 Å². The second-order valence-electron chi connectivity index (χ2n) is 7.02. The lowest BCUT2D eigenvalue weighted by molar-refractivity contribution is 0.508. The number of hydrogen-bond acceptors (Lipinski definition) is 4. The van der Waals surface area contributed by atoms with Crippen molar-refractivity contribution in [3.8, 4) is 16.9 Å². The van der Waals surface area contributed by atoms with Crippen LogP contribution in [0, 0.1) is 0 Å². The molecule has 2 N–H and O–H groups in total. The third-order valence-corrected chi connectivity index (χ3v) is 3.77. The molecule has 3 aromatic rings. The van der Waals surface area contributed by atoms with E-state index in [-0.39, 0.29) is 5.54 Å². The first-order valence-corrected chi connectivity index (χ1v) is 9.00. The molecule has 0 saturated carbocycles. The smallest absolute Gasteiger partial charge is 0.187 e. The van der Waals surface area contributed by atoms with Crippen LogP contribution in [-0.4, -0.2) is 31.6 Å². The van der Waals surface area contributed by atoms with Gasteiger partial charge in [0.05, 0.1) is 11.9 Å². The Morgan fingerprint density at radius 2 is 1.81 bits per heavy atom. The standard InChI is InChI=1S/C20H22N6S/c1-20(2,3)23-19(27)24-22-13-16-14-26(17-7-5-4-6-8-17)25-18(16)15-9-11-21-12-10-15/h4-14H,1-3H3,(H2,23,24,27)/b22-13-. The molecule has 0 amide bonds. The van der Waals surface area contributed by atoms with E-state index in [4.69, 9.17) is 17.3 Å². The number of hydrogen-bond donors (Lipinski definition) is 2. The lowest BCUT2D eigenvalue weighted by atomic mass is 10.1. The van der Waals surface area contributed by atoms with E-state index in [2.05, 4.69) is 20.8 Å². The highest BCUT2D eigenvalue weighted by Gasteiger charge is 2.12. The molecule has 3 rings (SSSR count). The van der Waals surface area contributed by atoms with Crippen LogP contribution in [-0.2, 0) is 0 Å². The van der Waals surface area contributed by atoms with Crippen molar-refractivity contribution < 1.29 is 0 Å². The summed E-state index contributed by atoms with van der Waals surface area (Å²) >= 11 is 5.26. The van der Waals surface area contributed by atoms with E-state index in [0.29, 0.717) is 5.11 Å². The van der Waals surface area contributed by atoms with Crippen molar-refractivity contribution >= 4 is 23.5 Å². The Balaban J connectivity index is 1.88. The summed E-state index contributed by atoms with van der Waals surface area (Å²) in [5, 5.41) is 12.6. The molecule has 2 aromatic heterocycles. The Labute approximate surface area is 164 Å². The Kier molecular flexibility index (Phi) is 5.61. The van der Waals surface area contributed by atoms with Gasteiger partial charge in [0.1, 0.15) is 5.69 Å². The van der Waals surface area contributed by atoms with Gasteiger partial charge in [-0.3, -0.25) is 10.4 Å². The predicted octanol–water partition coefficient (Wildman–Crippen LogP) is 3.53. The summed E-state index contributed by atoms with van der Waals surface area (Å²) in [5.74, 6) is 0. The maximum absolute atomic E-state index is 5.26. The Hall–Kier alpha value is -3.06.